The molecule has 0 rings (SSSR count). The standard InChI is InChI=1S/C2H6O10/c1-2(3,6-10-8-4)7-11-12-9-5/h3-5H,1H3. The highest BCUT2D eigenvalue weighted by Crippen LogP contribution is 2.08. The molecule has 0 amide bonds. The van der Waals surface area contributed by atoms with Gasteiger partial charge in [-0.15, -0.1) is 9.78 Å². The lowest BCUT2D eigenvalue weighted by Crippen LogP contribution is -2.32. The van der Waals surface area contributed by atoms with E-state index in [1.54, 1.807) is 0 Å². The summed E-state index contributed by atoms with van der Waals surface area (Å²) < 4.78 is 0. The van der Waals surface area contributed by atoms with Crippen LogP contribution in [0, 0.1) is 0 Å². The highest BCUT2D eigenvalue weighted by Gasteiger charge is 2.27. The average Bonchev–Trinajstić information content (AvgIpc) is 2.01. The van der Waals surface area contributed by atoms with Crippen LogP contribution in [-0.4, -0.2) is 21.6 Å². The third kappa shape index (κ3) is 6.32. The summed E-state index contributed by atoms with van der Waals surface area (Å²) in [5.41, 5.74) is 0. The Morgan fingerprint density at radius 2 is 1.42 bits per heavy atom. The second-order valence-electron chi connectivity index (χ2n) is 1.42. The Kier molecular flexibility index (Phi) is 5.95. The van der Waals surface area contributed by atoms with Crippen LogP contribution < -0.4 is 0 Å². The molecule has 0 aromatic carbocycles. The summed E-state index contributed by atoms with van der Waals surface area (Å²) in [5.74, 6) is -2.44. The topological polar surface area (TPSA) is 125 Å². The average molecular weight is 190 g/mol. The monoisotopic (exact) mass is 190 g/mol. The van der Waals surface area contributed by atoms with Crippen LogP contribution in [0.3, 0.4) is 0 Å². The lowest BCUT2D eigenvalue weighted by Gasteiger charge is -2.15. The van der Waals surface area contributed by atoms with Crippen molar-refractivity contribution in [3.05, 3.63) is 0 Å². The molecule has 0 fully saturated rings. The number of rotatable bonds is 7. The molecule has 0 saturated carbocycles. The third-order valence-corrected chi connectivity index (χ3v) is 0.466. The van der Waals surface area contributed by atoms with E-state index in [-0.39, 0.29) is 0 Å². The largest absolute Gasteiger partial charge is 0.340 e. The fraction of sp³-hybridized carbons (Fsp3) is 1.00. The molecule has 3 N–H and O–H groups in total. The van der Waals surface area contributed by atoms with Crippen molar-refractivity contribution in [2.45, 2.75) is 12.9 Å². The Morgan fingerprint density at radius 3 is 1.92 bits per heavy atom. The number of hydrogen-bond donors (Lipinski definition) is 3. The number of aliphatic hydroxyl groups is 1. The van der Waals surface area contributed by atoms with Crippen LogP contribution in [0.25, 0.3) is 0 Å². The smallest absolute Gasteiger partial charge is 0.340 e. The van der Waals surface area contributed by atoms with Crippen molar-refractivity contribution in [2.24, 2.45) is 0 Å². The summed E-state index contributed by atoms with van der Waals surface area (Å²) in [6.45, 7) is 0.868. The Balaban J connectivity index is 3.42. The van der Waals surface area contributed by atoms with Crippen molar-refractivity contribution in [2.75, 3.05) is 0 Å². The van der Waals surface area contributed by atoms with Crippen LogP contribution in [0.4, 0.5) is 0 Å². The maximum absolute atomic E-state index is 8.77. The first-order chi connectivity index (χ1) is 5.62. The molecule has 1 atom stereocenters. The van der Waals surface area contributed by atoms with Gasteiger partial charge in [0.1, 0.15) is 0 Å². The maximum Gasteiger partial charge on any atom is 0.340 e. The van der Waals surface area contributed by atoms with E-state index in [1.807, 2.05) is 0 Å². The zero-order chi connectivity index (χ0) is 9.45. The predicted octanol–water partition coefficient (Wildman–Crippen LogP) is -0.710. The molecule has 0 bridgehead atoms. The van der Waals surface area contributed by atoms with E-state index in [0.717, 1.165) is 6.92 Å². The van der Waals surface area contributed by atoms with Crippen molar-refractivity contribution in [1.82, 2.24) is 0 Å². The zero-order valence-corrected chi connectivity index (χ0v) is 5.70. The van der Waals surface area contributed by atoms with Crippen LogP contribution in [0.5, 0.6) is 0 Å². The van der Waals surface area contributed by atoms with Gasteiger partial charge in [0.2, 0.25) is 0 Å². The Labute approximate surface area is 64.8 Å². The summed E-state index contributed by atoms with van der Waals surface area (Å²) >= 11 is 0. The molecular weight excluding hydrogens is 184 g/mol. The summed E-state index contributed by atoms with van der Waals surface area (Å²) in [6.07, 6.45) is 0. The van der Waals surface area contributed by atoms with E-state index in [2.05, 4.69) is 35.0 Å². The van der Waals surface area contributed by atoms with Crippen molar-refractivity contribution in [1.29, 1.82) is 0 Å². The van der Waals surface area contributed by atoms with Crippen LogP contribution in [0.2, 0.25) is 0 Å². The van der Waals surface area contributed by atoms with E-state index in [1.165, 1.54) is 0 Å². The Bertz CT molecular complexity index is 100. The molecule has 12 heavy (non-hydrogen) atoms. The third-order valence-electron chi connectivity index (χ3n) is 0.466. The Morgan fingerprint density at radius 1 is 0.917 bits per heavy atom. The first-order valence-corrected chi connectivity index (χ1v) is 2.33. The van der Waals surface area contributed by atoms with Crippen molar-refractivity contribution >= 4 is 0 Å². The van der Waals surface area contributed by atoms with E-state index < -0.39 is 5.97 Å². The summed E-state index contributed by atoms with van der Waals surface area (Å²) in [5, 5.41) is 39.8. The second kappa shape index (κ2) is 6.15. The van der Waals surface area contributed by atoms with Gasteiger partial charge in [0.15, 0.2) is 0 Å². The minimum Gasteiger partial charge on any atom is -0.340 e. The van der Waals surface area contributed by atoms with Crippen molar-refractivity contribution < 1.29 is 50.6 Å². The molecule has 1 unspecified atom stereocenters. The lowest BCUT2D eigenvalue weighted by atomic mass is 10.7. The van der Waals surface area contributed by atoms with Gasteiger partial charge in [-0.2, -0.15) is 0 Å². The second-order valence-corrected chi connectivity index (χ2v) is 1.42. The molecule has 0 aliphatic heterocycles. The van der Waals surface area contributed by atoms with Gasteiger partial charge in [0.25, 0.3) is 0 Å². The van der Waals surface area contributed by atoms with Crippen molar-refractivity contribution in [3.8, 4) is 0 Å². The molecule has 0 aromatic heterocycles. The molecule has 0 spiro atoms. The fourth-order valence-electron chi connectivity index (χ4n) is 0.182. The van der Waals surface area contributed by atoms with Gasteiger partial charge >= 0.3 is 5.97 Å². The summed E-state index contributed by atoms with van der Waals surface area (Å²) in [4.78, 5) is 7.53. The SMILES string of the molecule is CC(O)(OOOO)OOOOO. The fourth-order valence-corrected chi connectivity index (χ4v) is 0.182. The lowest BCUT2D eigenvalue weighted by molar-refractivity contribution is -0.762. The molecule has 0 heterocycles. The van der Waals surface area contributed by atoms with Gasteiger partial charge in [-0.25, -0.2) is 10.5 Å². The highest BCUT2D eigenvalue weighted by atomic mass is 17.8. The highest BCUT2D eigenvalue weighted by molar-refractivity contribution is 4.29. The van der Waals surface area contributed by atoms with Gasteiger partial charge in [-0.1, -0.05) is 0 Å². The van der Waals surface area contributed by atoms with E-state index in [4.69, 9.17) is 15.6 Å². The van der Waals surface area contributed by atoms with Gasteiger partial charge in [-0.3, -0.25) is 0 Å². The van der Waals surface area contributed by atoms with E-state index >= 15 is 0 Å². The predicted molar refractivity (Wildman–Crippen MR) is 23.5 cm³/mol. The maximum atomic E-state index is 8.77. The quantitative estimate of drug-likeness (QED) is 0.205. The minimum atomic E-state index is -2.44. The minimum absolute atomic E-state index is 0.868. The molecule has 0 aliphatic rings. The molecule has 0 radical (unpaired) electrons. The molecule has 10 nitrogen and oxygen atoms in total. The van der Waals surface area contributed by atoms with Crippen molar-refractivity contribution in [3.63, 3.8) is 0 Å². The molecule has 0 aliphatic carbocycles. The molecule has 74 valence electrons. The summed E-state index contributed by atoms with van der Waals surface area (Å²) in [7, 11) is 0. The van der Waals surface area contributed by atoms with Crippen LogP contribution in [-0.2, 0) is 35.0 Å². The Hall–Kier alpha value is -0.400. The van der Waals surface area contributed by atoms with E-state index in [9.17, 15) is 0 Å². The van der Waals surface area contributed by atoms with Crippen LogP contribution in [0.1, 0.15) is 6.92 Å². The molecule has 0 aromatic rings. The van der Waals surface area contributed by atoms with Gasteiger partial charge in [-0.05, 0) is 25.2 Å². The molecule has 0 saturated heterocycles. The first-order valence-electron chi connectivity index (χ1n) is 2.33. The van der Waals surface area contributed by atoms with Gasteiger partial charge < -0.3 is 5.11 Å². The van der Waals surface area contributed by atoms with Crippen LogP contribution in [0.15, 0.2) is 0 Å². The van der Waals surface area contributed by atoms with E-state index in [0.29, 0.717) is 0 Å². The zero-order valence-electron chi connectivity index (χ0n) is 5.70. The van der Waals surface area contributed by atoms with Crippen LogP contribution >= 0.6 is 0 Å². The molecule has 10 heteroatoms. The summed E-state index contributed by atoms with van der Waals surface area (Å²) in [6, 6.07) is 0. The normalized spacial score (nSPS) is 16.0. The van der Waals surface area contributed by atoms with Gasteiger partial charge in [0, 0.05) is 6.92 Å². The molecular formula is C2H6O10. The number of hydrogen-bond acceptors (Lipinski definition) is 10. The first kappa shape index (κ1) is 11.6. The van der Waals surface area contributed by atoms with Gasteiger partial charge in [0.05, 0.1) is 0 Å².